The summed E-state index contributed by atoms with van der Waals surface area (Å²) in [7, 11) is 1.68. The lowest BCUT2D eigenvalue weighted by atomic mass is 10.5. The molecular weight excluding hydrogens is 158 g/mol. The van der Waals surface area contributed by atoms with Crippen LogP contribution in [0, 0.1) is 0 Å². The number of H-pyrrole nitrogens is 1. The lowest BCUT2D eigenvalue weighted by molar-refractivity contribution is 0.0791. The molecule has 12 heavy (non-hydrogen) atoms. The Morgan fingerprint density at radius 2 is 2.42 bits per heavy atom. The number of carbonyl (C=O) groups excluding carboxylic acids is 1. The predicted molar refractivity (Wildman–Crippen MR) is 43.4 cm³/mol. The molecule has 1 rings (SSSR count). The first-order chi connectivity index (χ1) is 5.65. The molecule has 1 heterocycles. The largest absolute Gasteiger partial charge is 0.366 e. The number of nitrogens with two attached hydrogens (primary N) is 1. The highest BCUT2D eigenvalue weighted by Gasteiger charge is 2.13. The van der Waals surface area contributed by atoms with E-state index in [2.05, 4.69) is 15.2 Å². The normalized spacial score (nSPS) is 9.83. The van der Waals surface area contributed by atoms with Gasteiger partial charge in [-0.2, -0.15) is 4.98 Å². The van der Waals surface area contributed by atoms with Crippen LogP contribution >= 0.6 is 0 Å². The lowest BCUT2D eigenvalue weighted by Crippen LogP contribution is -2.27. The summed E-state index contributed by atoms with van der Waals surface area (Å²) in [6.45, 7) is 2.50. The second kappa shape index (κ2) is 3.21. The first kappa shape index (κ1) is 8.51. The molecule has 0 fully saturated rings. The molecule has 0 saturated heterocycles. The number of nitrogens with zero attached hydrogens (tertiary/aromatic N) is 3. The van der Waals surface area contributed by atoms with Crippen molar-refractivity contribution in [3.63, 3.8) is 0 Å². The van der Waals surface area contributed by atoms with Crippen LogP contribution in [-0.4, -0.2) is 39.6 Å². The van der Waals surface area contributed by atoms with Crippen LogP contribution in [0.5, 0.6) is 0 Å². The number of rotatable bonds is 2. The van der Waals surface area contributed by atoms with Crippen LogP contribution in [0.1, 0.15) is 17.5 Å². The van der Waals surface area contributed by atoms with E-state index in [9.17, 15) is 4.79 Å². The SMILES string of the molecule is CCN(C)C(=O)c1nc(N)n[nH]1. The zero-order valence-electron chi connectivity index (χ0n) is 7.03. The van der Waals surface area contributed by atoms with Crippen LogP contribution in [0.15, 0.2) is 0 Å². The summed E-state index contributed by atoms with van der Waals surface area (Å²) in [5.74, 6) is 0.0569. The van der Waals surface area contributed by atoms with Crippen molar-refractivity contribution in [1.82, 2.24) is 20.1 Å². The molecule has 0 unspecified atom stereocenters. The van der Waals surface area contributed by atoms with Gasteiger partial charge in [-0.15, -0.1) is 5.10 Å². The van der Waals surface area contributed by atoms with E-state index in [1.165, 1.54) is 4.90 Å². The molecule has 1 amide bonds. The quantitative estimate of drug-likeness (QED) is 0.623. The number of amides is 1. The van der Waals surface area contributed by atoms with E-state index in [0.717, 1.165) is 0 Å². The van der Waals surface area contributed by atoms with Gasteiger partial charge in [0.15, 0.2) is 0 Å². The fourth-order valence-corrected chi connectivity index (χ4v) is 0.695. The van der Waals surface area contributed by atoms with Crippen LogP contribution in [-0.2, 0) is 0 Å². The van der Waals surface area contributed by atoms with E-state index >= 15 is 0 Å². The average Bonchev–Trinajstić information content (AvgIpc) is 2.49. The molecule has 0 aliphatic rings. The fourth-order valence-electron chi connectivity index (χ4n) is 0.695. The Morgan fingerprint density at radius 1 is 1.75 bits per heavy atom. The van der Waals surface area contributed by atoms with Gasteiger partial charge in [-0.25, -0.2) is 0 Å². The van der Waals surface area contributed by atoms with Gasteiger partial charge in [-0.3, -0.25) is 9.89 Å². The minimum Gasteiger partial charge on any atom is -0.366 e. The first-order valence-electron chi connectivity index (χ1n) is 3.58. The third-order valence-electron chi connectivity index (χ3n) is 1.53. The molecular formula is C6H11N5O. The third kappa shape index (κ3) is 1.52. The minimum absolute atomic E-state index is 0.0860. The van der Waals surface area contributed by atoms with Gasteiger partial charge in [0, 0.05) is 13.6 Å². The van der Waals surface area contributed by atoms with Crippen LogP contribution in [0.4, 0.5) is 5.95 Å². The van der Waals surface area contributed by atoms with Gasteiger partial charge in [0.05, 0.1) is 0 Å². The van der Waals surface area contributed by atoms with Gasteiger partial charge in [0.25, 0.3) is 5.91 Å². The number of anilines is 1. The van der Waals surface area contributed by atoms with Crippen molar-refractivity contribution in [2.45, 2.75) is 6.92 Å². The summed E-state index contributed by atoms with van der Waals surface area (Å²) < 4.78 is 0. The Bertz CT molecular complexity index is 281. The number of carbonyl (C=O) groups is 1. The van der Waals surface area contributed by atoms with E-state index in [1.54, 1.807) is 7.05 Å². The van der Waals surface area contributed by atoms with Gasteiger partial charge in [-0.1, -0.05) is 0 Å². The second-order valence-corrected chi connectivity index (χ2v) is 2.36. The summed E-state index contributed by atoms with van der Waals surface area (Å²) in [5, 5.41) is 5.99. The molecule has 1 aromatic heterocycles. The average molecular weight is 169 g/mol. The summed E-state index contributed by atoms with van der Waals surface area (Å²) in [6, 6.07) is 0. The summed E-state index contributed by atoms with van der Waals surface area (Å²) >= 11 is 0. The second-order valence-electron chi connectivity index (χ2n) is 2.36. The van der Waals surface area contributed by atoms with Crippen molar-refractivity contribution in [1.29, 1.82) is 0 Å². The molecule has 3 N–H and O–H groups in total. The maximum Gasteiger partial charge on any atom is 0.290 e. The van der Waals surface area contributed by atoms with Gasteiger partial charge >= 0.3 is 0 Å². The van der Waals surface area contributed by atoms with Crippen molar-refractivity contribution >= 4 is 11.9 Å². The standard InChI is InChI=1S/C6H11N5O/c1-3-11(2)5(12)4-8-6(7)10-9-4/h3H2,1-2H3,(H3,7,8,9,10). The highest BCUT2D eigenvalue weighted by Crippen LogP contribution is 1.97. The van der Waals surface area contributed by atoms with E-state index in [4.69, 9.17) is 5.73 Å². The molecule has 0 aliphatic heterocycles. The Hall–Kier alpha value is -1.59. The zero-order valence-corrected chi connectivity index (χ0v) is 7.03. The number of aromatic nitrogens is 3. The maximum absolute atomic E-state index is 11.3. The van der Waals surface area contributed by atoms with Gasteiger partial charge in [-0.05, 0) is 6.92 Å². The van der Waals surface area contributed by atoms with Crippen molar-refractivity contribution < 1.29 is 4.79 Å². The number of hydrogen-bond donors (Lipinski definition) is 2. The van der Waals surface area contributed by atoms with Crippen molar-refractivity contribution in [3.8, 4) is 0 Å². The number of hydrogen-bond acceptors (Lipinski definition) is 4. The Kier molecular flexibility index (Phi) is 2.27. The molecule has 0 aromatic carbocycles. The smallest absolute Gasteiger partial charge is 0.290 e. The molecule has 0 atom stereocenters. The van der Waals surface area contributed by atoms with Gasteiger partial charge < -0.3 is 10.6 Å². The maximum atomic E-state index is 11.3. The molecule has 0 radical (unpaired) electrons. The molecule has 66 valence electrons. The highest BCUT2D eigenvalue weighted by molar-refractivity contribution is 5.90. The Balaban J connectivity index is 2.78. The van der Waals surface area contributed by atoms with E-state index in [0.29, 0.717) is 6.54 Å². The summed E-state index contributed by atoms with van der Waals surface area (Å²) in [5.41, 5.74) is 5.23. The van der Waals surface area contributed by atoms with Gasteiger partial charge in [0.1, 0.15) is 0 Å². The van der Waals surface area contributed by atoms with Crippen LogP contribution < -0.4 is 5.73 Å². The number of nitrogen functional groups attached to an aromatic ring is 1. The monoisotopic (exact) mass is 169 g/mol. The van der Waals surface area contributed by atoms with E-state index in [1.807, 2.05) is 6.92 Å². The van der Waals surface area contributed by atoms with Gasteiger partial charge in [0.2, 0.25) is 11.8 Å². The Morgan fingerprint density at radius 3 is 2.83 bits per heavy atom. The zero-order chi connectivity index (χ0) is 9.14. The molecule has 0 aliphatic carbocycles. The summed E-state index contributed by atoms with van der Waals surface area (Å²) in [6.07, 6.45) is 0. The van der Waals surface area contributed by atoms with Crippen LogP contribution in [0.2, 0.25) is 0 Å². The van der Waals surface area contributed by atoms with E-state index in [-0.39, 0.29) is 17.7 Å². The predicted octanol–water partition coefficient (Wildman–Crippen LogP) is -0.521. The number of aromatic amines is 1. The molecule has 0 saturated carbocycles. The first-order valence-corrected chi connectivity index (χ1v) is 3.58. The van der Waals surface area contributed by atoms with Crippen LogP contribution in [0.25, 0.3) is 0 Å². The molecule has 0 bridgehead atoms. The van der Waals surface area contributed by atoms with Crippen LogP contribution in [0.3, 0.4) is 0 Å². The highest BCUT2D eigenvalue weighted by atomic mass is 16.2. The molecule has 1 aromatic rings. The van der Waals surface area contributed by atoms with Crippen molar-refractivity contribution in [2.24, 2.45) is 0 Å². The minimum atomic E-state index is -0.207. The van der Waals surface area contributed by atoms with Crippen molar-refractivity contribution in [3.05, 3.63) is 5.82 Å². The molecule has 6 heteroatoms. The van der Waals surface area contributed by atoms with Crippen molar-refractivity contribution in [2.75, 3.05) is 19.3 Å². The Labute approximate surface area is 69.8 Å². The lowest BCUT2D eigenvalue weighted by Gasteiger charge is -2.11. The van der Waals surface area contributed by atoms with E-state index < -0.39 is 0 Å². The topological polar surface area (TPSA) is 87.9 Å². The molecule has 6 nitrogen and oxygen atoms in total. The fraction of sp³-hybridized carbons (Fsp3) is 0.500. The number of nitrogens with one attached hydrogen (secondary N) is 1. The summed E-state index contributed by atoms with van der Waals surface area (Å²) in [4.78, 5) is 16.5. The molecule has 0 spiro atoms. The third-order valence-corrected chi connectivity index (χ3v) is 1.53.